The minimum atomic E-state index is -0.897. The second kappa shape index (κ2) is 5.90. The third-order valence-electron chi connectivity index (χ3n) is 3.47. The fourth-order valence-electron chi connectivity index (χ4n) is 2.33. The maximum atomic E-state index is 12.3. The summed E-state index contributed by atoms with van der Waals surface area (Å²) in [5, 5.41) is 11.5. The first-order valence-corrected chi connectivity index (χ1v) is 6.31. The molecule has 1 aliphatic rings. The number of nitrogens with zero attached hydrogens (tertiary/aromatic N) is 1. The Morgan fingerprint density at radius 1 is 1.32 bits per heavy atom. The van der Waals surface area contributed by atoms with Crippen LogP contribution in [0.5, 0.6) is 0 Å². The average Bonchev–Trinajstić information content (AvgIpc) is 2.66. The lowest BCUT2D eigenvalue weighted by atomic mass is 9.99. The van der Waals surface area contributed by atoms with Crippen molar-refractivity contribution in [1.82, 2.24) is 10.2 Å². The van der Waals surface area contributed by atoms with E-state index in [1.807, 2.05) is 0 Å². The Labute approximate surface area is 112 Å². The molecule has 0 aromatic heterocycles. The van der Waals surface area contributed by atoms with Gasteiger partial charge in [0.05, 0.1) is 5.92 Å². The Morgan fingerprint density at radius 2 is 1.89 bits per heavy atom. The Bertz CT molecular complexity index is 383. The van der Waals surface area contributed by atoms with Crippen LogP contribution in [0, 0.1) is 17.8 Å². The predicted molar refractivity (Wildman–Crippen MR) is 68.2 cm³/mol. The van der Waals surface area contributed by atoms with Gasteiger partial charge in [-0.15, -0.1) is 0 Å². The molecule has 1 fully saturated rings. The Morgan fingerprint density at radius 3 is 2.26 bits per heavy atom. The minimum absolute atomic E-state index is 0.0946. The van der Waals surface area contributed by atoms with Gasteiger partial charge in [0.25, 0.3) is 0 Å². The first-order valence-electron chi connectivity index (χ1n) is 6.31. The van der Waals surface area contributed by atoms with Crippen LogP contribution < -0.4 is 11.1 Å². The van der Waals surface area contributed by atoms with Crippen molar-refractivity contribution in [1.29, 1.82) is 0 Å². The van der Waals surface area contributed by atoms with E-state index in [1.165, 1.54) is 4.90 Å². The highest BCUT2D eigenvalue weighted by molar-refractivity contribution is 5.87. The Hall–Kier alpha value is -1.79. The van der Waals surface area contributed by atoms with Crippen molar-refractivity contribution in [2.75, 3.05) is 13.1 Å². The van der Waals surface area contributed by atoms with Gasteiger partial charge < -0.3 is 21.1 Å². The van der Waals surface area contributed by atoms with Gasteiger partial charge in [-0.25, -0.2) is 4.79 Å². The van der Waals surface area contributed by atoms with E-state index in [0.717, 1.165) is 0 Å². The minimum Gasteiger partial charge on any atom is -0.481 e. The van der Waals surface area contributed by atoms with E-state index >= 15 is 0 Å². The predicted octanol–water partition coefficient (Wildman–Crippen LogP) is -0.142. The molecule has 1 unspecified atom stereocenters. The number of hydrogen-bond donors (Lipinski definition) is 3. The summed E-state index contributed by atoms with van der Waals surface area (Å²) >= 11 is 0. The number of carboxylic acid groups (broad SMARTS) is 1. The van der Waals surface area contributed by atoms with Gasteiger partial charge in [-0.3, -0.25) is 9.59 Å². The number of carbonyl (C=O) groups excluding carboxylic acids is 2. The maximum Gasteiger partial charge on any atom is 0.312 e. The zero-order valence-electron chi connectivity index (χ0n) is 11.4. The molecular formula is C12H21N3O4. The number of rotatable bonds is 4. The molecule has 1 heterocycles. The molecule has 7 nitrogen and oxygen atoms in total. The summed E-state index contributed by atoms with van der Waals surface area (Å²) < 4.78 is 0. The molecule has 0 radical (unpaired) electrons. The summed E-state index contributed by atoms with van der Waals surface area (Å²) in [6.07, 6.45) is 0. The van der Waals surface area contributed by atoms with E-state index in [4.69, 9.17) is 10.8 Å². The van der Waals surface area contributed by atoms with Gasteiger partial charge in [0.1, 0.15) is 6.04 Å². The normalized spacial score (nSPS) is 24.3. The molecule has 7 heteroatoms. The van der Waals surface area contributed by atoms with E-state index < -0.39 is 24.0 Å². The molecule has 0 spiro atoms. The number of amides is 3. The number of carboxylic acids is 1. The SMILES string of the molecule is CC(C)C(NC(N)=O)C(=O)N1C[C@@H](C)[C@H](C(=O)O)C1. The van der Waals surface area contributed by atoms with Crippen LogP contribution in [0.4, 0.5) is 4.79 Å². The summed E-state index contributed by atoms with van der Waals surface area (Å²) in [5.41, 5.74) is 5.06. The topological polar surface area (TPSA) is 113 Å². The fraction of sp³-hybridized carbons (Fsp3) is 0.750. The van der Waals surface area contributed by atoms with Gasteiger partial charge in [-0.05, 0) is 11.8 Å². The molecule has 1 rings (SSSR count). The van der Waals surface area contributed by atoms with E-state index in [9.17, 15) is 14.4 Å². The standard InChI is InChI=1S/C12H21N3O4/c1-6(2)9(14-12(13)19)10(16)15-4-7(3)8(5-15)11(17)18/h6-9H,4-5H2,1-3H3,(H,17,18)(H3,13,14,19)/t7-,8-,9?/m1/s1. The molecule has 108 valence electrons. The second-order valence-corrected chi connectivity index (χ2v) is 5.40. The largest absolute Gasteiger partial charge is 0.481 e. The molecule has 3 amide bonds. The molecule has 0 bridgehead atoms. The fourth-order valence-corrected chi connectivity index (χ4v) is 2.33. The zero-order valence-corrected chi connectivity index (χ0v) is 11.4. The quantitative estimate of drug-likeness (QED) is 0.660. The number of carbonyl (C=O) groups is 3. The third-order valence-corrected chi connectivity index (χ3v) is 3.47. The number of nitrogens with one attached hydrogen (secondary N) is 1. The molecule has 0 aromatic carbocycles. The maximum absolute atomic E-state index is 12.3. The summed E-state index contributed by atoms with van der Waals surface area (Å²) in [6.45, 7) is 5.97. The van der Waals surface area contributed by atoms with E-state index in [1.54, 1.807) is 20.8 Å². The summed E-state index contributed by atoms with van der Waals surface area (Å²) in [6, 6.07) is -1.47. The van der Waals surface area contributed by atoms with E-state index in [0.29, 0.717) is 6.54 Å². The van der Waals surface area contributed by atoms with Crippen molar-refractivity contribution in [3.05, 3.63) is 0 Å². The van der Waals surface area contributed by atoms with Crippen LogP contribution in [0.15, 0.2) is 0 Å². The number of likely N-dealkylation sites (tertiary alicyclic amines) is 1. The van der Waals surface area contributed by atoms with Gasteiger partial charge >= 0.3 is 12.0 Å². The first-order chi connectivity index (χ1) is 8.73. The van der Waals surface area contributed by atoms with Crippen LogP contribution in [-0.2, 0) is 9.59 Å². The van der Waals surface area contributed by atoms with Gasteiger partial charge in [0, 0.05) is 13.1 Å². The highest BCUT2D eigenvalue weighted by Crippen LogP contribution is 2.24. The molecule has 1 aliphatic heterocycles. The lowest BCUT2D eigenvalue weighted by molar-refractivity contribution is -0.142. The van der Waals surface area contributed by atoms with Gasteiger partial charge in [-0.2, -0.15) is 0 Å². The van der Waals surface area contributed by atoms with Crippen LogP contribution in [0.25, 0.3) is 0 Å². The number of hydrogen-bond acceptors (Lipinski definition) is 3. The van der Waals surface area contributed by atoms with Crippen LogP contribution in [0.3, 0.4) is 0 Å². The lowest BCUT2D eigenvalue weighted by Gasteiger charge is -2.26. The van der Waals surface area contributed by atoms with Crippen molar-refractivity contribution >= 4 is 17.9 Å². The van der Waals surface area contributed by atoms with Gasteiger partial charge in [0.2, 0.25) is 5.91 Å². The van der Waals surface area contributed by atoms with Crippen LogP contribution in [0.2, 0.25) is 0 Å². The van der Waals surface area contributed by atoms with Crippen LogP contribution >= 0.6 is 0 Å². The van der Waals surface area contributed by atoms with Crippen molar-refractivity contribution in [3.63, 3.8) is 0 Å². The molecule has 1 saturated heterocycles. The molecule has 0 aromatic rings. The highest BCUT2D eigenvalue weighted by Gasteiger charge is 2.39. The molecule has 3 atom stereocenters. The summed E-state index contributed by atoms with van der Waals surface area (Å²) in [7, 11) is 0. The first kappa shape index (κ1) is 15.3. The smallest absolute Gasteiger partial charge is 0.312 e. The monoisotopic (exact) mass is 271 g/mol. The Kier molecular flexibility index (Phi) is 4.74. The third kappa shape index (κ3) is 3.59. The van der Waals surface area contributed by atoms with Crippen molar-refractivity contribution < 1.29 is 19.5 Å². The molecule has 19 heavy (non-hydrogen) atoms. The van der Waals surface area contributed by atoms with Crippen molar-refractivity contribution in [2.45, 2.75) is 26.8 Å². The summed E-state index contributed by atoms with van der Waals surface area (Å²) in [5.74, 6) is -1.93. The number of nitrogens with two attached hydrogens (primary N) is 1. The Balaban J connectivity index is 2.76. The zero-order chi connectivity index (χ0) is 14.7. The number of primary amides is 1. The molecule has 4 N–H and O–H groups in total. The van der Waals surface area contributed by atoms with Crippen LogP contribution in [0.1, 0.15) is 20.8 Å². The molecule has 0 aliphatic carbocycles. The van der Waals surface area contributed by atoms with Gasteiger partial charge in [-0.1, -0.05) is 20.8 Å². The average molecular weight is 271 g/mol. The highest BCUT2D eigenvalue weighted by atomic mass is 16.4. The van der Waals surface area contributed by atoms with Crippen molar-refractivity contribution in [2.24, 2.45) is 23.5 Å². The summed E-state index contributed by atoms with van der Waals surface area (Å²) in [4.78, 5) is 35.7. The van der Waals surface area contributed by atoms with E-state index in [-0.39, 0.29) is 24.3 Å². The lowest BCUT2D eigenvalue weighted by Crippen LogP contribution is -2.52. The number of aliphatic carboxylic acids is 1. The van der Waals surface area contributed by atoms with Gasteiger partial charge in [0.15, 0.2) is 0 Å². The number of urea groups is 1. The molecular weight excluding hydrogens is 250 g/mol. The van der Waals surface area contributed by atoms with E-state index in [2.05, 4.69) is 5.32 Å². The second-order valence-electron chi connectivity index (χ2n) is 5.40. The van der Waals surface area contributed by atoms with Crippen molar-refractivity contribution in [3.8, 4) is 0 Å². The van der Waals surface area contributed by atoms with Crippen LogP contribution in [-0.4, -0.2) is 47.0 Å². The molecule has 0 saturated carbocycles.